The van der Waals surface area contributed by atoms with Crippen LogP contribution in [0.1, 0.15) is 42.8 Å². The van der Waals surface area contributed by atoms with Crippen molar-refractivity contribution in [1.82, 2.24) is 9.88 Å². The fourth-order valence-corrected chi connectivity index (χ4v) is 4.30. The number of nitriles is 1. The van der Waals surface area contributed by atoms with Gasteiger partial charge in [0.15, 0.2) is 0 Å². The highest BCUT2D eigenvalue weighted by Gasteiger charge is 2.33. The van der Waals surface area contributed by atoms with Crippen LogP contribution in [0.15, 0.2) is 34.7 Å². The Morgan fingerprint density at radius 1 is 1.29 bits per heavy atom. The van der Waals surface area contributed by atoms with Crippen molar-refractivity contribution in [2.24, 2.45) is 0 Å². The van der Waals surface area contributed by atoms with Gasteiger partial charge in [-0.1, -0.05) is 30.3 Å². The highest BCUT2D eigenvalue weighted by Crippen LogP contribution is 2.41. The van der Waals surface area contributed by atoms with Crippen LogP contribution in [0.3, 0.4) is 0 Å². The Morgan fingerprint density at radius 3 is 2.64 bits per heavy atom. The number of piperazine rings is 1. The van der Waals surface area contributed by atoms with E-state index in [2.05, 4.69) is 23.2 Å². The molecule has 1 aliphatic heterocycles. The molecule has 6 nitrogen and oxygen atoms in total. The number of aromatic nitrogens is 1. The minimum absolute atomic E-state index is 0.0758. The third-order valence-corrected chi connectivity index (χ3v) is 6.43. The summed E-state index contributed by atoms with van der Waals surface area (Å²) >= 11 is 1.67. The number of nitrogens with zero attached hydrogens (tertiary/aromatic N) is 4. The lowest BCUT2D eigenvalue weighted by atomic mass is 10.2. The van der Waals surface area contributed by atoms with Crippen LogP contribution in [0, 0.1) is 11.3 Å². The molecular weight excluding hydrogens is 372 g/mol. The Morgan fingerprint density at radius 2 is 2.00 bits per heavy atom. The summed E-state index contributed by atoms with van der Waals surface area (Å²) < 4.78 is 5.88. The standard InChI is InChI=1S/C21H24N4O2S/c1-15(28-14-16-5-3-2-4-6-16)20(26)24-9-11-25(12-10-24)21-18(13-22)23-19(27-21)17-7-8-17/h2-6,15,17H,7-12,14H2,1H3. The Kier molecular flexibility index (Phi) is 5.58. The van der Waals surface area contributed by atoms with E-state index in [1.54, 1.807) is 11.8 Å². The number of carbonyl (C=O) groups excluding carboxylic acids is 1. The van der Waals surface area contributed by atoms with Gasteiger partial charge in [-0.25, -0.2) is 4.98 Å². The van der Waals surface area contributed by atoms with Crippen LogP contribution in [0.2, 0.25) is 0 Å². The molecule has 1 aromatic heterocycles. The Balaban J connectivity index is 1.31. The van der Waals surface area contributed by atoms with Gasteiger partial charge in [-0.15, -0.1) is 11.8 Å². The first kappa shape index (κ1) is 18.9. The average molecular weight is 397 g/mol. The molecule has 146 valence electrons. The molecule has 0 N–H and O–H groups in total. The largest absolute Gasteiger partial charge is 0.423 e. The highest BCUT2D eigenvalue weighted by molar-refractivity contribution is 7.99. The van der Waals surface area contributed by atoms with E-state index in [1.807, 2.05) is 34.9 Å². The molecular formula is C21H24N4O2S. The predicted molar refractivity (Wildman–Crippen MR) is 109 cm³/mol. The second-order valence-electron chi connectivity index (χ2n) is 7.34. The van der Waals surface area contributed by atoms with Gasteiger partial charge >= 0.3 is 0 Å². The zero-order chi connectivity index (χ0) is 19.5. The number of thioether (sulfide) groups is 1. The molecule has 1 unspecified atom stereocenters. The second-order valence-corrected chi connectivity index (χ2v) is 8.67. The molecule has 2 fully saturated rings. The molecule has 7 heteroatoms. The fourth-order valence-electron chi connectivity index (χ4n) is 3.37. The Labute approximate surface area is 169 Å². The van der Waals surface area contributed by atoms with Crippen molar-refractivity contribution in [3.05, 3.63) is 47.5 Å². The van der Waals surface area contributed by atoms with Gasteiger partial charge in [0.05, 0.1) is 5.25 Å². The molecule has 1 atom stereocenters. The number of amides is 1. The van der Waals surface area contributed by atoms with Crippen molar-refractivity contribution < 1.29 is 9.21 Å². The maximum atomic E-state index is 12.8. The number of anilines is 1. The van der Waals surface area contributed by atoms with Crippen molar-refractivity contribution in [2.75, 3.05) is 31.1 Å². The van der Waals surface area contributed by atoms with E-state index in [9.17, 15) is 10.1 Å². The van der Waals surface area contributed by atoms with E-state index in [4.69, 9.17) is 4.42 Å². The summed E-state index contributed by atoms with van der Waals surface area (Å²) in [6.45, 7) is 4.58. The fraction of sp³-hybridized carbons (Fsp3) is 0.476. The summed E-state index contributed by atoms with van der Waals surface area (Å²) in [5.41, 5.74) is 1.60. The summed E-state index contributed by atoms with van der Waals surface area (Å²) in [6, 6.07) is 12.4. The molecule has 2 aliphatic rings. The smallest absolute Gasteiger partial charge is 0.235 e. The molecule has 2 aromatic rings. The minimum Gasteiger partial charge on any atom is -0.423 e. The molecule has 1 saturated carbocycles. The molecule has 1 aromatic carbocycles. The first-order valence-corrected chi connectivity index (χ1v) is 10.8. The van der Waals surface area contributed by atoms with Crippen molar-refractivity contribution in [1.29, 1.82) is 5.26 Å². The minimum atomic E-state index is -0.0758. The van der Waals surface area contributed by atoms with E-state index in [0.717, 1.165) is 18.6 Å². The van der Waals surface area contributed by atoms with Gasteiger partial charge in [0.1, 0.15) is 6.07 Å². The molecule has 4 rings (SSSR count). The summed E-state index contributed by atoms with van der Waals surface area (Å²) in [4.78, 5) is 21.1. The van der Waals surface area contributed by atoms with E-state index in [1.165, 1.54) is 5.56 Å². The van der Waals surface area contributed by atoms with Gasteiger partial charge in [-0.05, 0) is 25.3 Å². The molecule has 0 spiro atoms. The number of carbonyl (C=O) groups is 1. The molecule has 1 amide bonds. The van der Waals surface area contributed by atoms with Gasteiger partial charge in [0.2, 0.25) is 23.4 Å². The Hall–Kier alpha value is -2.46. The van der Waals surface area contributed by atoms with Gasteiger partial charge < -0.3 is 14.2 Å². The van der Waals surface area contributed by atoms with Crippen LogP contribution >= 0.6 is 11.8 Å². The summed E-state index contributed by atoms with van der Waals surface area (Å²) in [7, 11) is 0. The van der Waals surface area contributed by atoms with E-state index in [-0.39, 0.29) is 11.2 Å². The number of benzene rings is 1. The van der Waals surface area contributed by atoms with Gasteiger partial charge in [-0.2, -0.15) is 5.26 Å². The van der Waals surface area contributed by atoms with E-state index < -0.39 is 0 Å². The van der Waals surface area contributed by atoms with Crippen LogP contribution in [0.4, 0.5) is 5.88 Å². The second kappa shape index (κ2) is 8.27. The topological polar surface area (TPSA) is 73.4 Å². The number of rotatable bonds is 6. The lowest BCUT2D eigenvalue weighted by Crippen LogP contribution is -2.50. The van der Waals surface area contributed by atoms with Crippen LogP contribution < -0.4 is 4.90 Å². The summed E-state index contributed by atoms with van der Waals surface area (Å²) in [6.07, 6.45) is 2.18. The van der Waals surface area contributed by atoms with Crippen LogP contribution in [0.5, 0.6) is 0 Å². The molecule has 1 saturated heterocycles. The summed E-state index contributed by atoms with van der Waals surface area (Å²) in [5.74, 6) is 2.66. The molecule has 0 radical (unpaired) electrons. The summed E-state index contributed by atoms with van der Waals surface area (Å²) in [5, 5.41) is 9.29. The van der Waals surface area contributed by atoms with Gasteiger partial charge in [-0.3, -0.25) is 4.79 Å². The van der Waals surface area contributed by atoms with Crippen molar-refractivity contribution in [2.45, 2.75) is 36.7 Å². The zero-order valence-electron chi connectivity index (χ0n) is 16.0. The Bertz CT molecular complexity index is 864. The number of oxazole rings is 1. The number of hydrogen-bond acceptors (Lipinski definition) is 6. The lowest BCUT2D eigenvalue weighted by molar-refractivity contribution is -0.130. The SMILES string of the molecule is CC(SCc1ccccc1)C(=O)N1CCN(c2oc(C3CC3)nc2C#N)CC1. The van der Waals surface area contributed by atoms with Gasteiger partial charge in [0.25, 0.3) is 0 Å². The van der Waals surface area contributed by atoms with Crippen molar-refractivity contribution >= 4 is 23.6 Å². The molecule has 28 heavy (non-hydrogen) atoms. The molecule has 2 heterocycles. The zero-order valence-corrected chi connectivity index (χ0v) is 16.8. The van der Waals surface area contributed by atoms with E-state index in [0.29, 0.717) is 49.6 Å². The van der Waals surface area contributed by atoms with E-state index >= 15 is 0 Å². The molecule has 0 bridgehead atoms. The maximum Gasteiger partial charge on any atom is 0.235 e. The lowest BCUT2D eigenvalue weighted by Gasteiger charge is -2.35. The third kappa shape index (κ3) is 4.17. The first-order chi connectivity index (χ1) is 13.7. The third-order valence-electron chi connectivity index (χ3n) is 5.23. The molecule has 1 aliphatic carbocycles. The van der Waals surface area contributed by atoms with Crippen molar-refractivity contribution in [3.63, 3.8) is 0 Å². The maximum absolute atomic E-state index is 12.8. The van der Waals surface area contributed by atoms with Gasteiger partial charge in [0, 0.05) is 37.8 Å². The van der Waals surface area contributed by atoms with Crippen LogP contribution in [-0.4, -0.2) is 47.2 Å². The monoisotopic (exact) mass is 396 g/mol. The quantitative estimate of drug-likeness (QED) is 0.745. The highest BCUT2D eigenvalue weighted by atomic mass is 32.2. The average Bonchev–Trinajstić information content (AvgIpc) is 3.51. The van der Waals surface area contributed by atoms with Crippen LogP contribution in [0.25, 0.3) is 0 Å². The normalized spacial score (nSPS) is 18.0. The van der Waals surface area contributed by atoms with Crippen molar-refractivity contribution in [3.8, 4) is 6.07 Å². The van der Waals surface area contributed by atoms with Crippen LogP contribution in [-0.2, 0) is 10.5 Å². The predicted octanol–water partition coefficient (Wildman–Crippen LogP) is 3.39. The number of hydrogen-bond donors (Lipinski definition) is 0. The first-order valence-electron chi connectivity index (χ1n) is 9.76.